The number of rotatable bonds is 1. The molecule has 1 atom stereocenters. The zero-order valence-electron chi connectivity index (χ0n) is 9.56. The van der Waals surface area contributed by atoms with Crippen molar-refractivity contribution < 1.29 is 5.11 Å². The molecular formula is C16H14O. The maximum absolute atomic E-state index is 10.9. The van der Waals surface area contributed by atoms with Crippen LogP contribution in [0.25, 0.3) is 5.57 Å². The standard InChI is InChI=1S/C16H14O/c1-12-11-16(17,13-7-3-2-4-8-13)15-10-6-5-9-14(12)15/h2-10,17H,1,11H2. The summed E-state index contributed by atoms with van der Waals surface area (Å²) in [6.07, 6.45) is 0.580. The van der Waals surface area contributed by atoms with Gasteiger partial charge in [0.2, 0.25) is 0 Å². The molecule has 17 heavy (non-hydrogen) atoms. The lowest BCUT2D eigenvalue weighted by atomic mass is 9.88. The molecule has 1 aliphatic rings. The van der Waals surface area contributed by atoms with Crippen LogP contribution in [0.1, 0.15) is 23.1 Å². The predicted molar refractivity (Wildman–Crippen MR) is 69.5 cm³/mol. The molecule has 1 heteroatoms. The van der Waals surface area contributed by atoms with Gasteiger partial charge in [-0.2, -0.15) is 0 Å². The fraction of sp³-hybridized carbons (Fsp3) is 0.125. The van der Waals surface area contributed by atoms with Crippen molar-refractivity contribution in [2.24, 2.45) is 0 Å². The first-order chi connectivity index (χ1) is 8.22. The number of aliphatic hydroxyl groups is 1. The summed E-state index contributed by atoms with van der Waals surface area (Å²) in [6, 6.07) is 17.8. The second-order valence-electron chi connectivity index (χ2n) is 4.55. The minimum atomic E-state index is -0.908. The fourth-order valence-corrected chi connectivity index (χ4v) is 2.62. The van der Waals surface area contributed by atoms with Crippen LogP contribution >= 0.6 is 0 Å². The molecule has 3 rings (SSSR count). The second kappa shape index (κ2) is 3.57. The van der Waals surface area contributed by atoms with Crippen LogP contribution in [0, 0.1) is 0 Å². The van der Waals surface area contributed by atoms with Crippen molar-refractivity contribution in [3.8, 4) is 0 Å². The van der Waals surface area contributed by atoms with E-state index in [0.29, 0.717) is 6.42 Å². The molecule has 0 bridgehead atoms. The molecule has 1 N–H and O–H groups in total. The van der Waals surface area contributed by atoms with Crippen LogP contribution in [0.3, 0.4) is 0 Å². The van der Waals surface area contributed by atoms with Crippen LogP contribution in [-0.2, 0) is 5.60 Å². The molecule has 1 nitrogen and oxygen atoms in total. The van der Waals surface area contributed by atoms with Gasteiger partial charge >= 0.3 is 0 Å². The van der Waals surface area contributed by atoms with E-state index in [0.717, 1.165) is 22.3 Å². The summed E-state index contributed by atoms with van der Waals surface area (Å²) in [5, 5.41) is 10.9. The van der Waals surface area contributed by atoms with Crippen molar-refractivity contribution in [1.29, 1.82) is 0 Å². The molecule has 0 saturated heterocycles. The molecule has 0 saturated carbocycles. The third kappa shape index (κ3) is 1.43. The first kappa shape index (κ1) is 10.3. The summed E-state index contributed by atoms with van der Waals surface area (Å²) in [6.45, 7) is 4.06. The lowest BCUT2D eigenvalue weighted by molar-refractivity contribution is 0.0928. The second-order valence-corrected chi connectivity index (χ2v) is 4.55. The SMILES string of the molecule is C=C1CC(O)(c2ccccc2)c2ccccc21. The smallest absolute Gasteiger partial charge is 0.119 e. The minimum absolute atomic E-state index is 0.580. The molecule has 0 amide bonds. The van der Waals surface area contributed by atoms with E-state index in [1.54, 1.807) is 0 Å². The zero-order chi connectivity index (χ0) is 11.9. The highest BCUT2D eigenvalue weighted by Gasteiger charge is 2.39. The third-order valence-electron chi connectivity index (χ3n) is 3.47. The lowest BCUT2D eigenvalue weighted by Gasteiger charge is -2.24. The Kier molecular flexibility index (Phi) is 2.17. The highest BCUT2D eigenvalue weighted by molar-refractivity contribution is 5.75. The highest BCUT2D eigenvalue weighted by atomic mass is 16.3. The monoisotopic (exact) mass is 222 g/mol. The number of fused-ring (bicyclic) bond motifs is 1. The van der Waals surface area contributed by atoms with Crippen molar-refractivity contribution in [1.82, 2.24) is 0 Å². The van der Waals surface area contributed by atoms with Gasteiger partial charge in [0.05, 0.1) is 0 Å². The summed E-state index contributed by atoms with van der Waals surface area (Å²) in [5.74, 6) is 0. The Bertz CT molecular complexity index is 571. The Morgan fingerprint density at radius 2 is 1.59 bits per heavy atom. The van der Waals surface area contributed by atoms with Crippen molar-refractivity contribution in [2.75, 3.05) is 0 Å². The van der Waals surface area contributed by atoms with Crippen LogP contribution in [0.5, 0.6) is 0 Å². The van der Waals surface area contributed by atoms with Crippen LogP contribution in [0.2, 0.25) is 0 Å². The Morgan fingerprint density at radius 3 is 2.35 bits per heavy atom. The van der Waals surface area contributed by atoms with Gasteiger partial charge in [0.1, 0.15) is 5.60 Å². The predicted octanol–water partition coefficient (Wildman–Crippen LogP) is 3.34. The Morgan fingerprint density at radius 1 is 0.941 bits per heavy atom. The average Bonchev–Trinajstić information content (AvgIpc) is 2.65. The molecule has 0 fully saturated rings. The number of hydrogen-bond donors (Lipinski definition) is 1. The lowest BCUT2D eigenvalue weighted by Crippen LogP contribution is -2.23. The minimum Gasteiger partial charge on any atom is -0.380 e. The molecule has 2 aromatic carbocycles. The molecular weight excluding hydrogens is 208 g/mol. The summed E-state index contributed by atoms with van der Waals surface area (Å²) in [5.41, 5.74) is 3.09. The van der Waals surface area contributed by atoms with Gasteiger partial charge in [0, 0.05) is 6.42 Å². The van der Waals surface area contributed by atoms with Crippen LogP contribution in [0.15, 0.2) is 61.2 Å². The van der Waals surface area contributed by atoms with Crippen molar-refractivity contribution >= 4 is 5.57 Å². The quantitative estimate of drug-likeness (QED) is 0.784. The van der Waals surface area contributed by atoms with Gasteiger partial charge in [-0.25, -0.2) is 0 Å². The van der Waals surface area contributed by atoms with Crippen molar-refractivity contribution in [3.63, 3.8) is 0 Å². The van der Waals surface area contributed by atoms with Gasteiger partial charge in [-0.1, -0.05) is 61.2 Å². The van der Waals surface area contributed by atoms with Gasteiger partial charge in [0.15, 0.2) is 0 Å². The average molecular weight is 222 g/mol. The van der Waals surface area contributed by atoms with E-state index in [2.05, 4.69) is 6.58 Å². The van der Waals surface area contributed by atoms with E-state index >= 15 is 0 Å². The Hall–Kier alpha value is -1.86. The van der Waals surface area contributed by atoms with Crippen LogP contribution in [0.4, 0.5) is 0 Å². The molecule has 1 unspecified atom stereocenters. The fourth-order valence-electron chi connectivity index (χ4n) is 2.62. The Balaban J connectivity index is 2.21. The molecule has 1 aliphatic carbocycles. The summed E-state index contributed by atoms with van der Waals surface area (Å²) in [7, 11) is 0. The molecule has 0 radical (unpaired) electrons. The summed E-state index contributed by atoms with van der Waals surface area (Å²) in [4.78, 5) is 0. The van der Waals surface area contributed by atoms with Gasteiger partial charge in [-0.3, -0.25) is 0 Å². The van der Waals surface area contributed by atoms with Gasteiger partial charge in [-0.05, 0) is 22.3 Å². The van der Waals surface area contributed by atoms with E-state index < -0.39 is 5.60 Å². The highest BCUT2D eigenvalue weighted by Crippen LogP contribution is 2.46. The van der Waals surface area contributed by atoms with Gasteiger partial charge in [-0.15, -0.1) is 0 Å². The van der Waals surface area contributed by atoms with E-state index in [1.807, 2.05) is 54.6 Å². The van der Waals surface area contributed by atoms with Crippen molar-refractivity contribution in [3.05, 3.63) is 77.9 Å². The van der Waals surface area contributed by atoms with Gasteiger partial charge < -0.3 is 5.11 Å². The topological polar surface area (TPSA) is 20.2 Å². The van der Waals surface area contributed by atoms with E-state index in [1.165, 1.54) is 0 Å². The number of hydrogen-bond acceptors (Lipinski definition) is 1. The van der Waals surface area contributed by atoms with Gasteiger partial charge in [0.25, 0.3) is 0 Å². The van der Waals surface area contributed by atoms with E-state index in [9.17, 15) is 5.11 Å². The van der Waals surface area contributed by atoms with Crippen LogP contribution < -0.4 is 0 Å². The van der Waals surface area contributed by atoms with Crippen molar-refractivity contribution in [2.45, 2.75) is 12.0 Å². The first-order valence-electron chi connectivity index (χ1n) is 5.77. The first-order valence-corrected chi connectivity index (χ1v) is 5.77. The summed E-state index contributed by atoms with van der Waals surface area (Å²) >= 11 is 0. The number of benzene rings is 2. The normalized spacial score (nSPS) is 22.5. The van der Waals surface area contributed by atoms with E-state index in [4.69, 9.17) is 0 Å². The van der Waals surface area contributed by atoms with E-state index in [-0.39, 0.29) is 0 Å². The molecule has 2 aromatic rings. The maximum Gasteiger partial charge on any atom is 0.119 e. The summed E-state index contributed by atoms with van der Waals surface area (Å²) < 4.78 is 0. The molecule has 0 aliphatic heterocycles. The molecule has 0 spiro atoms. The molecule has 0 aromatic heterocycles. The molecule has 84 valence electrons. The largest absolute Gasteiger partial charge is 0.380 e. The maximum atomic E-state index is 10.9. The Labute approximate surface area is 101 Å². The molecule has 0 heterocycles. The third-order valence-corrected chi connectivity index (χ3v) is 3.47. The van der Waals surface area contributed by atoms with Crippen LogP contribution in [-0.4, -0.2) is 5.11 Å². The zero-order valence-corrected chi connectivity index (χ0v) is 9.56.